The number of nitrogens with zero attached hydrogens (tertiary/aromatic N) is 2. The Morgan fingerprint density at radius 1 is 1.28 bits per heavy atom. The van der Waals surface area contributed by atoms with E-state index in [0.717, 1.165) is 17.7 Å². The second-order valence-corrected chi connectivity index (χ2v) is 6.03. The molecule has 0 atom stereocenters. The van der Waals surface area contributed by atoms with E-state index in [9.17, 15) is 18.0 Å². The smallest absolute Gasteiger partial charge is 0.326 e. The Balaban J connectivity index is 1.75. The van der Waals surface area contributed by atoms with E-state index in [4.69, 9.17) is 11.6 Å². The largest absolute Gasteiger partial charge is 0.417 e. The molecule has 4 nitrogen and oxygen atoms in total. The zero-order valence-corrected chi connectivity index (χ0v) is 13.8. The van der Waals surface area contributed by atoms with Gasteiger partial charge in [-0.3, -0.25) is 4.79 Å². The maximum absolute atomic E-state index is 12.9. The fourth-order valence-electron chi connectivity index (χ4n) is 2.41. The topological polar surface area (TPSA) is 46.4 Å². The molecule has 8 heteroatoms. The molecule has 0 aliphatic rings. The van der Waals surface area contributed by atoms with E-state index >= 15 is 0 Å². The van der Waals surface area contributed by atoms with Gasteiger partial charge in [-0.1, -0.05) is 11.6 Å². The average Bonchev–Trinajstić information content (AvgIpc) is 2.89. The van der Waals surface area contributed by atoms with Crippen LogP contribution in [0.2, 0.25) is 5.02 Å². The van der Waals surface area contributed by atoms with Crippen molar-refractivity contribution >= 4 is 28.8 Å². The van der Waals surface area contributed by atoms with E-state index in [2.05, 4.69) is 10.3 Å². The molecule has 1 aromatic carbocycles. The number of pyridine rings is 1. The predicted molar refractivity (Wildman–Crippen MR) is 88.7 cm³/mol. The number of carbonyl (C=O) groups excluding carboxylic acids is 1. The molecule has 0 radical (unpaired) electrons. The van der Waals surface area contributed by atoms with Crippen molar-refractivity contribution in [1.82, 2.24) is 9.38 Å². The molecule has 0 spiro atoms. The van der Waals surface area contributed by atoms with Crippen molar-refractivity contribution < 1.29 is 18.0 Å². The molecule has 0 saturated carbocycles. The van der Waals surface area contributed by atoms with E-state index in [0.29, 0.717) is 11.3 Å². The van der Waals surface area contributed by atoms with Gasteiger partial charge in [0.25, 0.3) is 0 Å². The number of alkyl halides is 3. The zero-order chi connectivity index (χ0) is 18.2. The van der Waals surface area contributed by atoms with Gasteiger partial charge >= 0.3 is 6.18 Å². The molecule has 130 valence electrons. The highest BCUT2D eigenvalue weighted by Gasteiger charge is 2.33. The van der Waals surface area contributed by atoms with Gasteiger partial charge in [-0.05, 0) is 42.8 Å². The van der Waals surface area contributed by atoms with E-state index in [1.165, 1.54) is 6.07 Å². The summed E-state index contributed by atoms with van der Waals surface area (Å²) in [5.74, 6) is -0.462. The van der Waals surface area contributed by atoms with E-state index in [-0.39, 0.29) is 12.1 Å². The van der Waals surface area contributed by atoms with Crippen LogP contribution in [0.15, 0.2) is 42.7 Å². The maximum atomic E-state index is 12.9. The summed E-state index contributed by atoms with van der Waals surface area (Å²) in [4.78, 5) is 16.4. The molecule has 0 saturated heterocycles. The molecular formula is C17H13ClF3N3O. The van der Waals surface area contributed by atoms with Crippen molar-refractivity contribution in [2.75, 3.05) is 5.32 Å². The van der Waals surface area contributed by atoms with Crippen molar-refractivity contribution in [3.63, 3.8) is 0 Å². The standard InChI is InChI=1S/C17H13ClF3N3O/c1-10-4-5-24-9-12(22-15(24)6-10)8-16(25)23-11-2-3-14(18)13(7-11)17(19,20)21/h2-7,9H,8H2,1H3,(H,23,25). The molecule has 2 aromatic heterocycles. The first kappa shape index (κ1) is 17.3. The lowest BCUT2D eigenvalue weighted by Crippen LogP contribution is -2.15. The number of nitrogens with one attached hydrogen (secondary N) is 1. The summed E-state index contributed by atoms with van der Waals surface area (Å²) < 4.78 is 40.3. The Kier molecular flexibility index (Phi) is 4.43. The lowest BCUT2D eigenvalue weighted by molar-refractivity contribution is -0.137. The molecule has 3 aromatic rings. The summed E-state index contributed by atoms with van der Waals surface area (Å²) in [5, 5.41) is 2.02. The number of imidazole rings is 1. The highest BCUT2D eigenvalue weighted by molar-refractivity contribution is 6.31. The number of benzene rings is 1. The molecule has 0 bridgehead atoms. The van der Waals surface area contributed by atoms with Crippen molar-refractivity contribution in [2.45, 2.75) is 19.5 Å². The van der Waals surface area contributed by atoms with Gasteiger partial charge in [-0.15, -0.1) is 0 Å². The van der Waals surface area contributed by atoms with Gasteiger partial charge in [0.2, 0.25) is 5.91 Å². The van der Waals surface area contributed by atoms with Crippen LogP contribution in [0.3, 0.4) is 0 Å². The Labute approximate surface area is 146 Å². The number of fused-ring (bicyclic) bond motifs is 1. The summed E-state index contributed by atoms with van der Waals surface area (Å²) in [7, 11) is 0. The fraction of sp³-hybridized carbons (Fsp3) is 0.176. The summed E-state index contributed by atoms with van der Waals surface area (Å²) in [6.07, 6.45) is -1.10. The number of aromatic nitrogens is 2. The first-order chi connectivity index (χ1) is 11.7. The third kappa shape index (κ3) is 3.93. The first-order valence-corrected chi connectivity index (χ1v) is 7.71. The molecular weight excluding hydrogens is 355 g/mol. The third-order valence-corrected chi connectivity index (χ3v) is 3.89. The molecule has 2 heterocycles. The Hall–Kier alpha value is -2.54. The molecule has 25 heavy (non-hydrogen) atoms. The number of amides is 1. The van der Waals surface area contributed by atoms with Crippen LogP contribution in [0.25, 0.3) is 5.65 Å². The number of anilines is 1. The summed E-state index contributed by atoms with van der Waals surface area (Å²) in [6, 6.07) is 7.02. The first-order valence-electron chi connectivity index (χ1n) is 7.33. The molecule has 0 fully saturated rings. The van der Waals surface area contributed by atoms with Gasteiger partial charge in [-0.25, -0.2) is 4.98 Å². The minimum Gasteiger partial charge on any atom is -0.326 e. The molecule has 0 aliphatic carbocycles. The van der Waals surface area contributed by atoms with E-state index in [1.807, 2.05) is 25.3 Å². The molecule has 0 unspecified atom stereocenters. The summed E-state index contributed by atoms with van der Waals surface area (Å²) in [5.41, 5.74) is 1.30. The highest BCUT2D eigenvalue weighted by Crippen LogP contribution is 2.36. The number of rotatable bonds is 3. The summed E-state index contributed by atoms with van der Waals surface area (Å²) >= 11 is 5.56. The SMILES string of the molecule is Cc1ccn2cc(CC(=O)Nc3ccc(Cl)c(C(F)(F)F)c3)nc2c1. The minimum atomic E-state index is -4.59. The van der Waals surface area contributed by atoms with Gasteiger partial charge in [0.05, 0.1) is 22.7 Å². The van der Waals surface area contributed by atoms with Crippen LogP contribution in [0.4, 0.5) is 18.9 Å². The molecule has 0 aliphatic heterocycles. The zero-order valence-electron chi connectivity index (χ0n) is 13.1. The molecule has 1 N–H and O–H groups in total. The second-order valence-electron chi connectivity index (χ2n) is 5.62. The van der Waals surface area contributed by atoms with Gasteiger partial charge in [-0.2, -0.15) is 13.2 Å². The van der Waals surface area contributed by atoms with Gasteiger partial charge in [0.1, 0.15) is 5.65 Å². The normalized spacial score (nSPS) is 11.7. The number of aryl methyl sites for hydroxylation is 1. The Morgan fingerprint density at radius 2 is 2.04 bits per heavy atom. The Morgan fingerprint density at radius 3 is 2.76 bits per heavy atom. The second kappa shape index (κ2) is 6.40. The number of hydrogen-bond donors (Lipinski definition) is 1. The third-order valence-electron chi connectivity index (χ3n) is 3.56. The van der Waals surface area contributed by atoms with Crippen LogP contribution in [0.1, 0.15) is 16.8 Å². The number of carbonyl (C=O) groups is 1. The Bertz CT molecular complexity index is 950. The van der Waals surface area contributed by atoms with Crippen LogP contribution in [-0.2, 0) is 17.4 Å². The van der Waals surface area contributed by atoms with Crippen molar-refractivity contribution in [3.05, 3.63) is 64.6 Å². The summed E-state index contributed by atoms with van der Waals surface area (Å²) in [6.45, 7) is 1.93. The lowest BCUT2D eigenvalue weighted by atomic mass is 10.2. The van der Waals surface area contributed by atoms with Crippen LogP contribution in [-0.4, -0.2) is 15.3 Å². The quantitative estimate of drug-likeness (QED) is 0.741. The lowest BCUT2D eigenvalue weighted by Gasteiger charge is -2.11. The van der Waals surface area contributed by atoms with Crippen LogP contribution < -0.4 is 5.32 Å². The highest BCUT2D eigenvalue weighted by atomic mass is 35.5. The van der Waals surface area contributed by atoms with Crippen molar-refractivity contribution in [3.8, 4) is 0 Å². The molecule has 1 amide bonds. The maximum Gasteiger partial charge on any atom is 0.417 e. The minimum absolute atomic E-state index is 0.0290. The monoisotopic (exact) mass is 367 g/mol. The van der Waals surface area contributed by atoms with Crippen LogP contribution >= 0.6 is 11.6 Å². The average molecular weight is 368 g/mol. The van der Waals surface area contributed by atoms with Gasteiger partial charge in [0, 0.05) is 18.1 Å². The van der Waals surface area contributed by atoms with Crippen LogP contribution in [0, 0.1) is 6.92 Å². The van der Waals surface area contributed by atoms with Crippen LogP contribution in [0.5, 0.6) is 0 Å². The van der Waals surface area contributed by atoms with Gasteiger partial charge < -0.3 is 9.72 Å². The molecule has 3 rings (SSSR count). The van der Waals surface area contributed by atoms with E-state index in [1.54, 1.807) is 10.6 Å². The fourth-order valence-corrected chi connectivity index (χ4v) is 2.64. The predicted octanol–water partition coefficient (Wildman–Crippen LogP) is 4.50. The van der Waals surface area contributed by atoms with Gasteiger partial charge in [0.15, 0.2) is 0 Å². The number of halogens is 4. The number of hydrogen-bond acceptors (Lipinski definition) is 2. The van der Waals surface area contributed by atoms with Crippen molar-refractivity contribution in [2.24, 2.45) is 0 Å². The van der Waals surface area contributed by atoms with E-state index < -0.39 is 22.7 Å². The van der Waals surface area contributed by atoms with Crippen molar-refractivity contribution in [1.29, 1.82) is 0 Å².